The van der Waals surface area contributed by atoms with Crippen LogP contribution in [0.2, 0.25) is 0 Å². The van der Waals surface area contributed by atoms with Crippen LogP contribution in [0.5, 0.6) is 0 Å². The highest BCUT2D eigenvalue weighted by Crippen LogP contribution is 2.33. The quantitative estimate of drug-likeness (QED) is 0.769. The third kappa shape index (κ3) is 3.58. The van der Waals surface area contributed by atoms with E-state index in [0.717, 1.165) is 37.4 Å². The molecule has 8 heteroatoms. The van der Waals surface area contributed by atoms with Gasteiger partial charge in [0.05, 0.1) is 11.7 Å². The van der Waals surface area contributed by atoms with Gasteiger partial charge in [-0.2, -0.15) is 0 Å². The van der Waals surface area contributed by atoms with E-state index in [1.165, 1.54) is 0 Å². The molecule has 0 saturated carbocycles. The Hall–Kier alpha value is -3.16. The Morgan fingerprint density at radius 1 is 0.962 bits per heavy atom. The van der Waals surface area contributed by atoms with Crippen LogP contribution in [0.1, 0.15) is 36.8 Å². The van der Waals surface area contributed by atoms with Gasteiger partial charge in [-0.05, 0) is 38.3 Å². The number of anilines is 3. The van der Waals surface area contributed by atoms with Crippen LogP contribution in [-0.2, 0) is 0 Å². The van der Waals surface area contributed by atoms with Crippen LogP contribution < -0.4 is 10.2 Å². The minimum atomic E-state index is 0.130. The van der Waals surface area contributed by atoms with Crippen molar-refractivity contribution in [1.29, 1.82) is 0 Å². The van der Waals surface area contributed by atoms with Crippen LogP contribution in [0.15, 0.2) is 43.0 Å². The van der Waals surface area contributed by atoms with E-state index in [-0.39, 0.29) is 6.04 Å². The smallest absolute Gasteiger partial charge is 0.228 e. The second-order valence-corrected chi connectivity index (χ2v) is 6.18. The molecular weight excluding hydrogens is 328 g/mol. The van der Waals surface area contributed by atoms with Crippen LogP contribution in [0, 0.1) is 6.92 Å². The van der Waals surface area contributed by atoms with Gasteiger partial charge < -0.3 is 10.2 Å². The lowest BCUT2D eigenvalue weighted by Gasteiger charge is -2.35. The zero-order valence-electron chi connectivity index (χ0n) is 14.6. The number of nitrogens with one attached hydrogen (secondary N) is 1. The Bertz CT molecular complexity index is 856. The summed E-state index contributed by atoms with van der Waals surface area (Å²) in [5, 5.41) is 3.16. The topological polar surface area (TPSA) is 92.6 Å². The molecule has 0 bridgehead atoms. The van der Waals surface area contributed by atoms with Crippen molar-refractivity contribution in [2.24, 2.45) is 0 Å². The number of hydrogen-bond acceptors (Lipinski definition) is 8. The summed E-state index contributed by atoms with van der Waals surface area (Å²) in [5.74, 6) is 2.66. The molecule has 1 aliphatic heterocycles. The van der Waals surface area contributed by atoms with E-state index in [1.54, 1.807) is 30.9 Å². The fraction of sp³-hybridized carbons (Fsp3) is 0.333. The van der Waals surface area contributed by atoms with Gasteiger partial charge in [0.2, 0.25) is 11.9 Å². The molecule has 8 nitrogen and oxygen atoms in total. The van der Waals surface area contributed by atoms with Gasteiger partial charge in [0.1, 0.15) is 11.6 Å². The summed E-state index contributed by atoms with van der Waals surface area (Å²) >= 11 is 0. The lowest BCUT2D eigenvalue weighted by Crippen LogP contribution is -2.35. The first-order valence-electron chi connectivity index (χ1n) is 8.73. The van der Waals surface area contributed by atoms with E-state index in [9.17, 15) is 0 Å². The zero-order valence-corrected chi connectivity index (χ0v) is 14.6. The molecule has 4 rings (SSSR count). The Kier molecular flexibility index (Phi) is 4.63. The molecular formula is C18H20N8. The fourth-order valence-corrected chi connectivity index (χ4v) is 3.22. The number of hydrogen-bond donors (Lipinski definition) is 1. The summed E-state index contributed by atoms with van der Waals surface area (Å²) in [6, 6.07) is 5.71. The third-order valence-electron chi connectivity index (χ3n) is 4.32. The molecule has 0 aliphatic carbocycles. The standard InChI is InChI=1S/C18H20N8/c1-13-23-14(12-16(24-13)25-17-19-7-4-8-20-17)15-6-2-3-11-26(15)18-21-9-5-10-22-18/h4-5,7-10,12,15H,2-3,6,11H2,1H3,(H,19,20,23,24,25)/t15-/m0/s1. The molecule has 1 N–H and O–H groups in total. The van der Waals surface area contributed by atoms with Crippen molar-refractivity contribution in [3.05, 3.63) is 54.5 Å². The maximum atomic E-state index is 4.69. The largest absolute Gasteiger partial charge is 0.332 e. The van der Waals surface area contributed by atoms with Crippen LogP contribution in [0.25, 0.3) is 0 Å². The fourth-order valence-electron chi connectivity index (χ4n) is 3.22. The zero-order chi connectivity index (χ0) is 17.8. The highest BCUT2D eigenvalue weighted by atomic mass is 15.3. The first kappa shape index (κ1) is 16.3. The third-order valence-corrected chi connectivity index (χ3v) is 4.32. The van der Waals surface area contributed by atoms with E-state index >= 15 is 0 Å². The van der Waals surface area contributed by atoms with E-state index < -0.39 is 0 Å². The molecule has 1 fully saturated rings. The van der Waals surface area contributed by atoms with Crippen molar-refractivity contribution in [2.75, 3.05) is 16.8 Å². The molecule has 1 saturated heterocycles. The Morgan fingerprint density at radius 3 is 2.46 bits per heavy atom. The van der Waals surface area contributed by atoms with E-state index in [0.29, 0.717) is 17.6 Å². The minimum absolute atomic E-state index is 0.130. The van der Waals surface area contributed by atoms with Gasteiger partial charge in [-0.1, -0.05) is 0 Å². The average Bonchev–Trinajstić information content (AvgIpc) is 2.69. The summed E-state index contributed by atoms with van der Waals surface area (Å²) in [5.41, 5.74) is 0.961. The van der Waals surface area contributed by atoms with E-state index in [1.807, 2.05) is 19.1 Å². The molecule has 4 heterocycles. The Balaban J connectivity index is 1.65. The molecule has 26 heavy (non-hydrogen) atoms. The summed E-state index contributed by atoms with van der Waals surface area (Å²) in [6.07, 6.45) is 10.2. The van der Waals surface area contributed by atoms with Crippen molar-refractivity contribution in [3.8, 4) is 0 Å². The van der Waals surface area contributed by atoms with Gasteiger partial charge in [0.15, 0.2) is 0 Å². The molecule has 0 radical (unpaired) electrons. The van der Waals surface area contributed by atoms with Gasteiger partial charge in [0, 0.05) is 37.4 Å². The Labute approximate surface area is 151 Å². The number of nitrogens with zero attached hydrogens (tertiary/aromatic N) is 7. The van der Waals surface area contributed by atoms with Gasteiger partial charge in [-0.3, -0.25) is 0 Å². The SMILES string of the molecule is Cc1nc(Nc2ncccn2)cc([C@@H]2CCCCN2c2ncccn2)n1. The normalized spacial score (nSPS) is 17.1. The maximum Gasteiger partial charge on any atom is 0.228 e. The summed E-state index contributed by atoms with van der Waals surface area (Å²) in [6.45, 7) is 2.81. The highest BCUT2D eigenvalue weighted by molar-refractivity contribution is 5.49. The first-order chi connectivity index (χ1) is 12.8. The first-order valence-corrected chi connectivity index (χ1v) is 8.73. The predicted octanol–water partition coefficient (Wildman–Crippen LogP) is 2.84. The van der Waals surface area contributed by atoms with E-state index in [2.05, 4.69) is 40.1 Å². The lowest BCUT2D eigenvalue weighted by atomic mass is 9.99. The predicted molar refractivity (Wildman–Crippen MR) is 98.1 cm³/mol. The number of rotatable bonds is 4. The molecule has 0 aromatic carbocycles. The maximum absolute atomic E-state index is 4.69. The van der Waals surface area contributed by atoms with Crippen LogP contribution in [0.4, 0.5) is 17.7 Å². The molecule has 0 spiro atoms. The van der Waals surface area contributed by atoms with Crippen LogP contribution in [-0.4, -0.2) is 36.4 Å². The van der Waals surface area contributed by atoms with Crippen molar-refractivity contribution < 1.29 is 0 Å². The van der Waals surface area contributed by atoms with Gasteiger partial charge in [0.25, 0.3) is 0 Å². The number of aromatic nitrogens is 6. The summed E-state index contributed by atoms with van der Waals surface area (Å²) < 4.78 is 0. The van der Waals surface area contributed by atoms with Crippen LogP contribution in [0.3, 0.4) is 0 Å². The van der Waals surface area contributed by atoms with Crippen molar-refractivity contribution >= 4 is 17.7 Å². The highest BCUT2D eigenvalue weighted by Gasteiger charge is 2.27. The lowest BCUT2D eigenvalue weighted by molar-refractivity contribution is 0.457. The number of piperidine rings is 1. The van der Waals surface area contributed by atoms with E-state index in [4.69, 9.17) is 0 Å². The van der Waals surface area contributed by atoms with Gasteiger partial charge in [-0.15, -0.1) is 0 Å². The summed E-state index contributed by atoms with van der Waals surface area (Å²) in [4.78, 5) is 28.6. The van der Waals surface area contributed by atoms with Gasteiger partial charge in [-0.25, -0.2) is 29.9 Å². The summed E-state index contributed by atoms with van der Waals surface area (Å²) in [7, 11) is 0. The molecule has 1 atom stereocenters. The molecule has 3 aromatic rings. The second-order valence-electron chi connectivity index (χ2n) is 6.18. The molecule has 1 aliphatic rings. The second kappa shape index (κ2) is 7.38. The molecule has 3 aromatic heterocycles. The average molecular weight is 348 g/mol. The Morgan fingerprint density at radius 2 is 1.69 bits per heavy atom. The van der Waals surface area contributed by atoms with Crippen LogP contribution >= 0.6 is 0 Å². The monoisotopic (exact) mass is 348 g/mol. The molecule has 0 unspecified atom stereocenters. The van der Waals surface area contributed by atoms with Crippen molar-refractivity contribution in [3.63, 3.8) is 0 Å². The van der Waals surface area contributed by atoms with Crippen molar-refractivity contribution in [2.45, 2.75) is 32.2 Å². The van der Waals surface area contributed by atoms with Crippen molar-refractivity contribution in [1.82, 2.24) is 29.9 Å². The minimum Gasteiger partial charge on any atom is -0.332 e. The number of aryl methyl sites for hydroxylation is 1. The van der Waals surface area contributed by atoms with Gasteiger partial charge >= 0.3 is 0 Å². The molecule has 0 amide bonds. The molecule has 132 valence electrons.